The van der Waals surface area contributed by atoms with E-state index in [0.717, 1.165) is 22.5 Å². The molecule has 0 N–H and O–H groups in total. The van der Waals surface area contributed by atoms with Gasteiger partial charge in [0.1, 0.15) is 5.75 Å². The second-order valence-electron chi connectivity index (χ2n) is 3.96. The molecule has 0 aliphatic carbocycles. The summed E-state index contributed by atoms with van der Waals surface area (Å²) in [6, 6.07) is 5.84. The molecular formula is C13H14N2O3S. The third-order valence-corrected chi connectivity index (χ3v) is 3.17. The van der Waals surface area contributed by atoms with Crippen molar-refractivity contribution in [3.05, 3.63) is 34.3 Å². The van der Waals surface area contributed by atoms with Crippen LogP contribution >= 0.6 is 11.3 Å². The molecule has 0 bridgehead atoms. The number of carbonyl (C=O) groups is 1. The summed E-state index contributed by atoms with van der Waals surface area (Å²) in [6.07, 6.45) is 0. The number of nitrogens with zero attached hydrogens (tertiary/aromatic N) is 2. The monoisotopic (exact) mass is 278 g/mol. The molecule has 0 aliphatic heterocycles. The fraction of sp³-hybridized carbons (Fsp3) is 0.308. The van der Waals surface area contributed by atoms with Crippen molar-refractivity contribution in [3.8, 4) is 10.9 Å². The number of aryl methyl sites for hydroxylation is 2. The number of hydrogen-bond donors (Lipinski definition) is 0. The molecule has 0 unspecified atom stereocenters. The smallest absolute Gasteiger partial charge is 0.369 e. The standard InChI is InChI=1S/C13H14N2O3S/c1-4-17-12(16)11-14-15-13(19-11)18-10-6-5-8(2)7-9(10)3/h5-7H,4H2,1-3H3. The van der Waals surface area contributed by atoms with E-state index in [1.807, 2.05) is 32.0 Å². The molecule has 0 aliphatic rings. The van der Waals surface area contributed by atoms with Crippen LogP contribution in [0.5, 0.6) is 10.9 Å². The summed E-state index contributed by atoms with van der Waals surface area (Å²) in [4.78, 5) is 11.5. The Hall–Kier alpha value is -1.95. The summed E-state index contributed by atoms with van der Waals surface area (Å²) in [5.41, 5.74) is 2.17. The van der Waals surface area contributed by atoms with Crippen molar-refractivity contribution in [1.82, 2.24) is 10.2 Å². The highest BCUT2D eigenvalue weighted by atomic mass is 32.1. The molecule has 0 radical (unpaired) electrons. The minimum Gasteiger partial charge on any atom is -0.461 e. The number of hydrogen-bond acceptors (Lipinski definition) is 6. The van der Waals surface area contributed by atoms with E-state index >= 15 is 0 Å². The van der Waals surface area contributed by atoms with Gasteiger partial charge in [0.05, 0.1) is 6.61 Å². The second kappa shape index (κ2) is 5.79. The van der Waals surface area contributed by atoms with Gasteiger partial charge in [-0.25, -0.2) is 4.79 Å². The summed E-state index contributed by atoms with van der Waals surface area (Å²) in [6.45, 7) is 6.02. The van der Waals surface area contributed by atoms with Crippen molar-refractivity contribution < 1.29 is 14.3 Å². The van der Waals surface area contributed by atoms with Gasteiger partial charge in [-0.05, 0) is 43.7 Å². The van der Waals surface area contributed by atoms with Crippen molar-refractivity contribution in [3.63, 3.8) is 0 Å². The normalized spacial score (nSPS) is 10.3. The zero-order chi connectivity index (χ0) is 13.8. The highest BCUT2D eigenvalue weighted by Gasteiger charge is 2.15. The largest absolute Gasteiger partial charge is 0.461 e. The Kier molecular flexibility index (Phi) is 4.11. The maximum atomic E-state index is 11.5. The van der Waals surface area contributed by atoms with Crippen LogP contribution in [0.25, 0.3) is 0 Å². The molecule has 0 saturated carbocycles. The molecule has 1 aromatic carbocycles. The summed E-state index contributed by atoms with van der Waals surface area (Å²) in [5, 5.41) is 8.10. The molecule has 1 heterocycles. The van der Waals surface area contributed by atoms with Gasteiger partial charge >= 0.3 is 5.97 Å². The Morgan fingerprint density at radius 1 is 1.32 bits per heavy atom. The van der Waals surface area contributed by atoms with Gasteiger partial charge in [0.2, 0.25) is 5.01 Å². The fourth-order valence-electron chi connectivity index (χ4n) is 1.53. The van der Waals surface area contributed by atoms with Gasteiger partial charge < -0.3 is 9.47 Å². The van der Waals surface area contributed by atoms with E-state index in [1.165, 1.54) is 0 Å². The number of aromatic nitrogens is 2. The Morgan fingerprint density at radius 2 is 2.11 bits per heavy atom. The fourth-order valence-corrected chi connectivity index (χ4v) is 2.14. The van der Waals surface area contributed by atoms with Crippen LogP contribution in [0.4, 0.5) is 0 Å². The van der Waals surface area contributed by atoms with E-state index in [2.05, 4.69) is 10.2 Å². The molecule has 2 aromatic rings. The number of rotatable bonds is 4. The van der Waals surface area contributed by atoms with Crippen LogP contribution in [-0.2, 0) is 4.74 Å². The van der Waals surface area contributed by atoms with Crippen LogP contribution in [0.3, 0.4) is 0 Å². The first-order chi connectivity index (χ1) is 9.10. The maximum Gasteiger partial charge on any atom is 0.369 e. The molecular weight excluding hydrogens is 264 g/mol. The number of carbonyl (C=O) groups excluding carboxylic acids is 1. The quantitative estimate of drug-likeness (QED) is 0.804. The average Bonchev–Trinajstić information content (AvgIpc) is 2.82. The first-order valence-electron chi connectivity index (χ1n) is 5.86. The first-order valence-corrected chi connectivity index (χ1v) is 6.67. The molecule has 0 spiro atoms. The first kappa shape index (κ1) is 13.5. The molecule has 5 nitrogen and oxygen atoms in total. The molecule has 0 fully saturated rings. The van der Waals surface area contributed by atoms with Crippen molar-refractivity contribution in [2.75, 3.05) is 6.61 Å². The topological polar surface area (TPSA) is 61.3 Å². The molecule has 0 saturated heterocycles. The highest BCUT2D eigenvalue weighted by Crippen LogP contribution is 2.28. The predicted octanol–water partition coefficient (Wildman–Crippen LogP) is 3.12. The summed E-state index contributed by atoms with van der Waals surface area (Å²) in [5.74, 6) is 0.229. The number of benzene rings is 1. The van der Waals surface area contributed by atoms with E-state index in [4.69, 9.17) is 9.47 Å². The van der Waals surface area contributed by atoms with Crippen LogP contribution in [0, 0.1) is 13.8 Å². The van der Waals surface area contributed by atoms with E-state index in [9.17, 15) is 4.79 Å². The Balaban J connectivity index is 2.13. The third kappa shape index (κ3) is 3.29. The molecule has 1 aromatic heterocycles. The van der Waals surface area contributed by atoms with Gasteiger partial charge in [-0.2, -0.15) is 0 Å². The lowest BCUT2D eigenvalue weighted by Gasteiger charge is -2.05. The van der Waals surface area contributed by atoms with Crippen molar-refractivity contribution in [2.45, 2.75) is 20.8 Å². The Labute approximate surface area is 115 Å². The summed E-state index contributed by atoms with van der Waals surface area (Å²) < 4.78 is 10.5. The van der Waals surface area contributed by atoms with Crippen LogP contribution in [0.1, 0.15) is 27.9 Å². The van der Waals surface area contributed by atoms with Crippen LogP contribution in [-0.4, -0.2) is 22.8 Å². The molecule has 100 valence electrons. The lowest BCUT2D eigenvalue weighted by molar-refractivity contribution is 0.0525. The molecule has 6 heteroatoms. The SMILES string of the molecule is CCOC(=O)c1nnc(Oc2ccc(C)cc2C)s1. The van der Waals surface area contributed by atoms with E-state index in [1.54, 1.807) is 6.92 Å². The lowest BCUT2D eigenvalue weighted by atomic mass is 10.1. The predicted molar refractivity (Wildman–Crippen MR) is 71.9 cm³/mol. The van der Waals surface area contributed by atoms with Crippen molar-refractivity contribution >= 4 is 17.3 Å². The van der Waals surface area contributed by atoms with Gasteiger partial charge in [0, 0.05) is 0 Å². The van der Waals surface area contributed by atoms with Crippen LogP contribution in [0.15, 0.2) is 18.2 Å². The van der Waals surface area contributed by atoms with Gasteiger partial charge in [-0.15, -0.1) is 5.10 Å². The van der Waals surface area contributed by atoms with E-state index in [0.29, 0.717) is 17.6 Å². The average molecular weight is 278 g/mol. The van der Waals surface area contributed by atoms with Crippen molar-refractivity contribution in [1.29, 1.82) is 0 Å². The summed E-state index contributed by atoms with van der Waals surface area (Å²) >= 11 is 1.07. The van der Waals surface area contributed by atoms with E-state index in [-0.39, 0.29) is 5.01 Å². The van der Waals surface area contributed by atoms with Gasteiger partial charge in [-0.1, -0.05) is 22.8 Å². The number of ether oxygens (including phenoxy) is 2. The van der Waals surface area contributed by atoms with Crippen LogP contribution in [0.2, 0.25) is 0 Å². The maximum absolute atomic E-state index is 11.5. The van der Waals surface area contributed by atoms with Crippen molar-refractivity contribution in [2.24, 2.45) is 0 Å². The zero-order valence-electron chi connectivity index (χ0n) is 11.0. The lowest BCUT2D eigenvalue weighted by Crippen LogP contribution is -2.03. The molecule has 0 amide bonds. The van der Waals surface area contributed by atoms with E-state index < -0.39 is 5.97 Å². The molecule has 19 heavy (non-hydrogen) atoms. The minimum absolute atomic E-state index is 0.196. The Morgan fingerprint density at radius 3 is 2.79 bits per heavy atom. The van der Waals surface area contributed by atoms with Crippen LogP contribution < -0.4 is 4.74 Å². The number of esters is 1. The third-order valence-electron chi connectivity index (χ3n) is 2.38. The Bertz CT molecular complexity index is 595. The zero-order valence-corrected chi connectivity index (χ0v) is 11.8. The minimum atomic E-state index is -0.476. The summed E-state index contributed by atoms with van der Waals surface area (Å²) in [7, 11) is 0. The highest BCUT2D eigenvalue weighted by molar-refractivity contribution is 7.14. The molecule has 0 atom stereocenters. The van der Waals surface area contributed by atoms with Gasteiger partial charge in [0.15, 0.2) is 0 Å². The van der Waals surface area contributed by atoms with Gasteiger partial charge in [0.25, 0.3) is 5.19 Å². The second-order valence-corrected chi connectivity index (χ2v) is 4.90. The van der Waals surface area contributed by atoms with Gasteiger partial charge in [-0.3, -0.25) is 0 Å². The molecule has 2 rings (SSSR count).